The molecule has 0 aromatic carbocycles. The van der Waals surface area contributed by atoms with Crippen LogP contribution in [0.3, 0.4) is 0 Å². The lowest BCUT2D eigenvalue weighted by Gasteiger charge is -2.39. The van der Waals surface area contributed by atoms with Crippen molar-refractivity contribution in [3.05, 3.63) is 0 Å². The Bertz CT molecular complexity index is 285. The van der Waals surface area contributed by atoms with Crippen molar-refractivity contribution < 1.29 is 0 Å². The van der Waals surface area contributed by atoms with Crippen molar-refractivity contribution in [3.63, 3.8) is 0 Å². The number of likely N-dealkylation sites (N-methyl/N-ethyl adjacent to an activating group) is 1. The summed E-state index contributed by atoms with van der Waals surface area (Å²) in [6.45, 7) is 14.0. The van der Waals surface area contributed by atoms with Gasteiger partial charge in [0.2, 0.25) is 0 Å². The van der Waals surface area contributed by atoms with Crippen LogP contribution in [0.1, 0.15) is 27.7 Å². The Morgan fingerprint density at radius 2 is 1.70 bits per heavy atom. The first kappa shape index (κ1) is 19.9. The first-order valence-corrected chi connectivity index (χ1v) is 7.39. The molecular weight excluding hydrogens is 365 g/mol. The molecule has 1 aliphatic heterocycles. The lowest BCUT2D eigenvalue weighted by molar-refractivity contribution is 0.0925. The molecule has 120 valence electrons. The number of guanidine groups is 1. The minimum atomic E-state index is 0. The third kappa shape index (κ3) is 7.08. The molecule has 0 spiro atoms. The Morgan fingerprint density at radius 3 is 2.15 bits per heavy atom. The molecule has 0 bridgehead atoms. The predicted molar refractivity (Wildman–Crippen MR) is 97.9 cm³/mol. The number of aliphatic imine (C=N–C) groups is 1. The highest BCUT2D eigenvalue weighted by molar-refractivity contribution is 14.0. The van der Waals surface area contributed by atoms with Crippen molar-refractivity contribution in [3.8, 4) is 0 Å². The zero-order chi connectivity index (χ0) is 14.4. The lowest BCUT2D eigenvalue weighted by atomic mass is 10.0. The fraction of sp³-hybridized carbons (Fsp3) is 0.929. The number of hydrogen-bond acceptors (Lipinski definition) is 3. The van der Waals surface area contributed by atoms with Gasteiger partial charge in [-0.3, -0.25) is 9.89 Å². The van der Waals surface area contributed by atoms with Crippen molar-refractivity contribution in [1.82, 2.24) is 15.1 Å². The maximum Gasteiger partial charge on any atom is 0.188 e. The van der Waals surface area contributed by atoms with Gasteiger partial charge < -0.3 is 16.0 Å². The molecule has 1 saturated heterocycles. The summed E-state index contributed by atoms with van der Waals surface area (Å²) in [4.78, 5) is 9.44. The number of nitrogens with one attached hydrogen (secondary N) is 1. The molecular formula is C14H32IN5. The number of nitrogens with zero attached hydrogens (tertiary/aromatic N) is 3. The molecule has 0 amide bonds. The molecule has 0 aliphatic carbocycles. The van der Waals surface area contributed by atoms with Crippen LogP contribution in [0.15, 0.2) is 4.99 Å². The average molecular weight is 397 g/mol. The SMILES string of the molecule is CC(C)NC(N)=NCC(C(C)C)N1CCN(C)CC1.I. The second-order valence-corrected chi connectivity index (χ2v) is 6.18. The molecule has 0 aromatic heterocycles. The standard InChI is InChI=1S/C14H31N5.HI/c1-11(2)13(10-16-14(15)17-12(3)4)19-8-6-18(5)7-9-19;/h11-13H,6-10H2,1-5H3,(H3,15,16,17);1H. The van der Waals surface area contributed by atoms with Crippen molar-refractivity contribution in [2.24, 2.45) is 16.6 Å². The fourth-order valence-electron chi connectivity index (χ4n) is 2.43. The number of rotatable bonds is 5. The van der Waals surface area contributed by atoms with Gasteiger partial charge in [-0.15, -0.1) is 24.0 Å². The van der Waals surface area contributed by atoms with E-state index in [9.17, 15) is 0 Å². The van der Waals surface area contributed by atoms with Crippen LogP contribution < -0.4 is 11.1 Å². The first-order valence-electron chi connectivity index (χ1n) is 7.39. The van der Waals surface area contributed by atoms with E-state index in [1.165, 1.54) is 0 Å². The monoisotopic (exact) mass is 397 g/mol. The van der Waals surface area contributed by atoms with Crippen LogP contribution in [0.4, 0.5) is 0 Å². The molecule has 1 unspecified atom stereocenters. The van der Waals surface area contributed by atoms with Gasteiger partial charge in [0, 0.05) is 38.3 Å². The molecule has 6 heteroatoms. The quantitative estimate of drug-likeness (QED) is 0.416. The van der Waals surface area contributed by atoms with Crippen LogP contribution in [-0.2, 0) is 0 Å². The summed E-state index contributed by atoms with van der Waals surface area (Å²) in [7, 11) is 2.18. The summed E-state index contributed by atoms with van der Waals surface area (Å²) in [6, 6.07) is 0.825. The van der Waals surface area contributed by atoms with E-state index >= 15 is 0 Å². The normalized spacial score (nSPS) is 20.1. The third-order valence-corrected chi connectivity index (χ3v) is 3.66. The van der Waals surface area contributed by atoms with Crippen LogP contribution in [0.5, 0.6) is 0 Å². The predicted octanol–water partition coefficient (Wildman–Crippen LogP) is 1.19. The third-order valence-electron chi connectivity index (χ3n) is 3.66. The molecule has 0 radical (unpaired) electrons. The smallest absolute Gasteiger partial charge is 0.188 e. The van der Waals surface area contributed by atoms with Gasteiger partial charge in [0.25, 0.3) is 0 Å². The van der Waals surface area contributed by atoms with Gasteiger partial charge >= 0.3 is 0 Å². The van der Waals surface area contributed by atoms with Crippen LogP contribution >= 0.6 is 24.0 Å². The van der Waals surface area contributed by atoms with E-state index in [2.05, 4.69) is 54.9 Å². The van der Waals surface area contributed by atoms with Crippen molar-refractivity contribution >= 4 is 29.9 Å². The molecule has 1 heterocycles. The van der Waals surface area contributed by atoms with Crippen molar-refractivity contribution in [2.75, 3.05) is 39.8 Å². The largest absolute Gasteiger partial charge is 0.370 e. The van der Waals surface area contributed by atoms with Crippen LogP contribution in [0.25, 0.3) is 0 Å². The molecule has 3 N–H and O–H groups in total. The number of nitrogens with two attached hydrogens (primary N) is 1. The maximum absolute atomic E-state index is 5.89. The summed E-state index contributed by atoms with van der Waals surface area (Å²) in [5.41, 5.74) is 5.89. The van der Waals surface area contributed by atoms with E-state index in [1.807, 2.05) is 0 Å². The molecule has 1 rings (SSSR count). The molecule has 0 saturated carbocycles. The Hall–Kier alpha value is -0.0800. The minimum absolute atomic E-state index is 0. The van der Waals surface area contributed by atoms with Crippen LogP contribution in [-0.4, -0.2) is 67.6 Å². The highest BCUT2D eigenvalue weighted by Gasteiger charge is 2.24. The van der Waals surface area contributed by atoms with E-state index < -0.39 is 0 Å². The van der Waals surface area contributed by atoms with Crippen LogP contribution in [0.2, 0.25) is 0 Å². The van der Waals surface area contributed by atoms with Gasteiger partial charge in [0.05, 0.1) is 6.54 Å². The Morgan fingerprint density at radius 1 is 1.15 bits per heavy atom. The highest BCUT2D eigenvalue weighted by atomic mass is 127. The van der Waals surface area contributed by atoms with Gasteiger partial charge in [-0.2, -0.15) is 0 Å². The Labute approximate surface area is 141 Å². The minimum Gasteiger partial charge on any atom is -0.370 e. The molecule has 1 fully saturated rings. The van der Waals surface area contributed by atoms with E-state index in [0.717, 1.165) is 32.7 Å². The van der Waals surface area contributed by atoms with Gasteiger partial charge in [0.15, 0.2) is 5.96 Å². The zero-order valence-corrected chi connectivity index (χ0v) is 15.9. The highest BCUT2D eigenvalue weighted by Crippen LogP contribution is 2.13. The second-order valence-electron chi connectivity index (χ2n) is 6.18. The lowest BCUT2D eigenvalue weighted by Crippen LogP contribution is -2.52. The zero-order valence-electron chi connectivity index (χ0n) is 13.6. The summed E-state index contributed by atoms with van der Waals surface area (Å²) in [5.74, 6) is 1.16. The van der Waals surface area contributed by atoms with Crippen molar-refractivity contribution in [2.45, 2.75) is 39.8 Å². The summed E-state index contributed by atoms with van der Waals surface area (Å²) in [5, 5.41) is 3.15. The first-order chi connectivity index (χ1) is 8.90. The molecule has 20 heavy (non-hydrogen) atoms. The Balaban J connectivity index is 0.00000361. The maximum atomic E-state index is 5.89. The van der Waals surface area contributed by atoms with E-state index in [4.69, 9.17) is 5.73 Å². The van der Waals surface area contributed by atoms with E-state index in [-0.39, 0.29) is 24.0 Å². The summed E-state index contributed by atoms with van der Waals surface area (Å²) < 4.78 is 0. The topological polar surface area (TPSA) is 56.9 Å². The van der Waals surface area contributed by atoms with Crippen LogP contribution in [0, 0.1) is 5.92 Å². The molecule has 5 nitrogen and oxygen atoms in total. The van der Waals surface area contributed by atoms with Gasteiger partial charge in [0.1, 0.15) is 0 Å². The fourth-order valence-corrected chi connectivity index (χ4v) is 2.43. The summed E-state index contributed by atoms with van der Waals surface area (Å²) >= 11 is 0. The number of hydrogen-bond donors (Lipinski definition) is 2. The summed E-state index contributed by atoms with van der Waals surface area (Å²) in [6.07, 6.45) is 0. The van der Waals surface area contributed by atoms with E-state index in [1.54, 1.807) is 0 Å². The van der Waals surface area contributed by atoms with Crippen molar-refractivity contribution in [1.29, 1.82) is 0 Å². The van der Waals surface area contributed by atoms with Gasteiger partial charge in [-0.05, 0) is 26.8 Å². The Kier molecular flexibility index (Phi) is 9.74. The molecule has 0 aromatic rings. The molecule has 1 atom stereocenters. The molecule has 1 aliphatic rings. The average Bonchev–Trinajstić information content (AvgIpc) is 2.30. The van der Waals surface area contributed by atoms with Gasteiger partial charge in [-0.25, -0.2) is 0 Å². The number of halogens is 1. The van der Waals surface area contributed by atoms with E-state index in [0.29, 0.717) is 24.0 Å². The van der Waals surface area contributed by atoms with Gasteiger partial charge in [-0.1, -0.05) is 13.8 Å². The number of piperazine rings is 1. The second kappa shape index (κ2) is 9.78.